The third-order valence-electron chi connectivity index (χ3n) is 12.0. The molecule has 290 valence electrons. The van der Waals surface area contributed by atoms with Crippen molar-refractivity contribution >= 4 is 43.6 Å². The van der Waals surface area contributed by atoms with Gasteiger partial charge in [0, 0.05) is 49.6 Å². The van der Waals surface area contributed by atoms with Crippen LogP contribution in [0.15, 0.2) is 224 Å². The number of hydrogen-bond acceptors (Lipinski definition) is 3. The van der Waals surface area contributed by atoms with Crippen LogP contribution in [-0.4, -0.2) is 24.1 Å². The van der Waals surface area contributed by atoms with Gasteiger partial charge >= 0.3 is 0 Å². The predicted octanol–water partition coefficient (Wildman–Crippen LogP) is 14.4. The molecule has 0 aliphatic rings. The van der Waals surface area contributed by atoms with Gasteiger partial charge in [-0.25, -0.2) is 15.0 Å². The molecular weight excluding hydrogens is 755 g/mol. The zero-order valence-corrected chi connectivity index (χ0v) is 33.6. The van der Waals surface area contributed by atoms with Crippen LogP contribution in [0.2, 0.25) is 0 Å². The molecular formula is C57H37N5. The van der Waals surface area contributed by atoms with Crippen molar-refractivity contribution in [2.75, 3.05) is 0 Å². The van der Waals surface area contributed by atoms with Gasteiger partial charge in [0.05, 0.1) is 22.1 Å². The minimum absolute atomic E-state index is 0.603. The second-order valence-electron chi connectivity index (χ2n) is 15.6. The zero-order valence-electron chi connectivity index (χ0n) is 33.6. The van der Waals surface area contributed by atoms with Gasteiger partial charge in [0.1, 0.15) is 0 Å². The van der Waals surface area contributed by atoms with Crippen molar-refractivity contribution in [1.29, 1.82) is 0 Å². The zero-order chi connectivity index (χ0) is 41.0. The van der Waals surface area contributed by atoms with Crippen LogP contribution in [0.25, 0.3) is 111 Å². The lowest BCUT2D eigenvalue weighted by Crippen LogP contribution is -2.02. The van der Waals surface area contributed by atoms with Gasteiger partial charge in [0.25, 0.3) is 0 Å². The Hall–Kier alpha value is -8.41. The molecule has 0 saturated heterocycles. The number of rotatable bonds is 7. The summed E-state index contributed by atoms with van der Waals surface area (Å²) in [4.78, 5) is 16.1. The monoisotopic (exact) mass is 791 g/mol. The fourth-order valence-corrected chi connectivity index (χ4v) is 9.18. The molecule has 0 aliphatic heterocycles. The van der Waals surface area contributed by atoms with Crippen molar-refractivity contribution in [1.82, 2.24) is 24.1 Å². The summed E-state index contributed by atoms with van der Waals surface area (Å²) < 4.78 is 4.67. The summed E-state index contributed by atoms with van der Waals surface area (Å²) >= 11 is 0. The van der Waals surface area contributed by atoms with E-state index in [1.807, 2.05) is 0 Å². The van der Waals surface area contributed by atoms with Gasteiger partial charge < -0.3 is 9.13 Å². The van der Waals surface area contributed by atoms with E-state index in [2.05, 4.69) is 234 Å². The van der Waals surface area contributed by atoms with Crippen LogP contribution in [0.3, 0.4) is 0 Å². The van der Waals surface area contributed by atoms with E-state index in [4.69, 9.17) is 15.0 Å². The first-order chi connectivity index (χ1) is 30.8. The van der Waals surface area contributed by atoms with Crippen LogP contribution in [0.4, 0.5) is 0 Å². The molecule has 12 rings (SSSR count). The molecule has 62 heavy (non-hydrogen) atoms. The Bertz CT molecular complexity index is 3450. The highest BCUT2D eigenvalue weighted by Gasteiger charge is 2.21. The van der Waals surface area contributed by atoms with Gasteiger partial charge in [-0.05, 0) is 70.8 Å². The van der Waals surface area contributed by atoms with Crippen LogP contribution in [0.1, 0.15) is 0 Å². The fourth-order valence-electron chi connectivity index (χ4n) is 9.18. The van der Waals surface area contributed by atoms with Gasteiger partial charge in [-0.15, -0.1) is 0 Å². The maximum atomic E-state index is 5.38. The lowest BCUT2D eigenvalue weighted by molar-refractivity contribution is 1.07. The summed E-state index contributed by atoms with van der Waals surface area (Å²) in [6, 6.07) is 79.1. The predicted molar refractivity (Wildman–Crippen MR) is 256 cm³/mol. The molecule has 0 bridgehead atoms. The molecule has 0 unspecified atom stereocenters. The van der Waals surface area contributed by atoms with Gasteiger partial charge in [-0.2, -0.15) is 0 Å². The lowest BCUT2D eigenvalue weighted by atomic mass is 9.91. The third-order valence-corrected chi connectivity index (χ3v) is 12.0. The first kappa shape index (κ1) is 35.5. The molecule has 5 nitrogen and oxygen atoms in total. The van der Waals surface area contributed by atoms with Crippen LogP contribution >= 0.6 is 0 Å². The highest BCUT2D eigenvalue weighted by Crippen LogP contribution is 2.40. The molecule has 3 heterocycles. The van der Waals surface area contributed by atoms with Crippen molar-refractivity contribution in [3.05, 3.63) is 224 Å². The molecule has 0 atom stereocenters. The first-order valence-electron chi connectivity index (χ1n) is 21.0. The number of aromatic nitrogens is 5. The number of benzene rings is 9. The van der Waals surface area contributed by atoms with E-state index < -0.39 is 0 Å². The first-order valence-corrected chi connectivity index (χ1v) is 21.0. The smallest absolute Gasteiger partial charge is 0.164 e. The van der Waals surface area contributed by atoms with Gasteiger partial charge in [-0.3, -0.25) is 0 Å². The normalized spacial score (nSPS) is 11.5. The average Bonchev–Trinajstić information content (AvgIpc) is 3.87. The van der Waals surface area contributed by atoms with Crippen LogP contribution < -0.4 is 0 Å². The minimum atomic E-state index is 0.603. The fraction of sp³-hybridized carbons (Fsp3) is 0. The Morgan fingerprint density at radius 1 is 0.242 bits per heavy atom. The SMILES string of the molecule is c1ccc(-c2ccccc2-c2ccccc2-c2nc(-c3ccc4c5ccccc5n(-c5ccccc5)c4c3)nc(-c3ccc4c5ccccc5n(-c5ccccc5)c4c3)n2)cc1. The van der Waals surface area contributed by atoms with E-state index in [1.54, 1.807) is 0 Å². The van der Waals surface area contributed by atoms with Crippen molar-refractivity contribution in [3.8, 4) is 67.8 Å². The van der Waals surface area contributed by atoms with E-state index in [1.165, 1.54) is 21.5 Å². The maximum absolute atomic E-state index is 5.38. The molecule has 5 heteroatoms. The number of hydrogen-bond donors (Lipinski definition) is 0. The van der Waals surface area contributed by atoms with Crippen molar-refractivity contribution in [3.63, 3.8) is 0 Å². The molecule has 0 spiro atoms. The van der Waals surface area contributed by atoms with Gasteiger partial charge in [0.2, 0.25) is 0 Å². The summed E-state index contributed by atoms with van der Waals surface area (Å²) in [7, 11) is 0. The van der Waals surface area contributed by atoms with Crippen molar-refractivity contribution < 1.29 is 0 Å². The third kappa shape index (κ3) is 5.90. The quantitative estimate of drug-likeness (QED) is 0.162. The second kappa shape index (κ2) is 14.7. The Morgan fingerprint density at radius 3 is 1.13 bits per heavy atom. The van der Waals surface area contributed by atoms with E-state index in [0.717, 1.165) is 72.4 Å². The number of nitrogens with zero attached hydrogens (tertiary/aromatic N) is 5. The largest absolute Gasteiger partial charge is 0.309 e. The molecule has 3 aromatic heterocycles. The van der Waals surface area contributed by atoms with E-state index in [9.17, 15) is 0 Å². The second-order valence-corrected chi connectivity index (χ2v) is 15.6. The summed E-state index contributed by atoms with van der Waals surface area (Å²) in [5.41, 5.74) is 13.9. The Morgan fingerprint density at radius 2 is 0.613 bits per heavy atom. The molecule has 0 N–H and O–H groups in total. The van der Waals surface area contributed by atoms with E-state index in [-0.39, 0.29) is 0 Å². The Labute approximate surface area is 358 Å². The molecule has 0 radical (unpaired) electrons. The topological polar surface area (TPSA) is 48.5 Å². The molecule has 0 aliphatic carbocycles. The average molecular weight is 792 g/mol. The van der Waals surface area contributed by atoms with Crippen LogP contribution in [0, 0.1) is 0 Å². The molecule has 0 saturated carbocycles. The Balaban J connectivity index is 1.11. The summed E-state index contributed by atoms with van der Waals surface area (Å²) in [5.74, 6) is 1.81. The van der Waals surface area contributed by atoms with Crippen LogP contribution in [-0.2, 0) is 0 Å². The minimum Gasteiger partial charge on any atom is -0.309 e. The summed E-state index contributed by atoms with van der Waals surface area (Å²) in [6.07, 6.45) is 0. The highest BCUT2D eigenvalue weighted by atomic mass is 15.0. The van der Waals surface area contributed by atoms with Gasteiger partial charge in [-0.1, -0.05) is 176 Å². The van der Waals surface area contributed by atoms with E-state index >= 15 is 0 Å². The molecule has 0 amide bonds. The number of para-hydroxylation sites is 4. The standard InChI is InChI=1S/C57H37N5/c1-4-18-38(19-5-1)43-24-10-11-25-44(43)45-26-12-13-29-50(45)57-59-55(39-32-34-48-46-27-14-16-30-51(46)61(53(48)36-39)41-20-6-2-7-21-41)58-56(60-57)40-33-35-49-47-28-15-17-31-52(47)62(54(49)37-40)42-22-8-3-9-23-42/h1-37H. The van der Waals surface area contributed by atoms with Crippen molar-refractivity contribution in [2.24, 2.45) is 0 Å². The summed E-state index contributed by atoms with van der Waals surface area (Å²) in [6.45, 7) is 0. The number of fused-ring (bicyclic) bond motifs is 6. The lowest BCUT2D eigenvalue weighted by Gasteiger charge is -2.15. The molecule has 9 aromatic carbocycles. The maximum Gasteiger partial charge on any atom is 0.164 e. The van der Waals surface area contributed by atoms with Gasteiger partial charge in [0.15, 0.2) is 17.5 Å². The Kier molecular flexibility index (Phi) is 8.42. The van der Waals surface area contributed by atoms with E-state index in [0.29, 0.717) is 17.5 Å². The highest BCUT2D eigenvalue weighted by molar-refractivity contribution is 6.11. The molecule has 12 aromatic rings. The van der Waals surface area contributed by atoms with Crippen LogP contribution in [0.5, 0.6) is 0 Å². The molecule has 0 fully saturated rings. The summed E-state index contributed by atoms with van der Waals surface area (Å²) in [5, 5.41) is 4.74. The van der Waals surface area contributed by atoms with Crippen molar-refractivity contribution in [2.45, 2.75) is 0 Å².